The number of benzene rings is 2. The van der Waals surface area contributed by atoms with E-state index in [4.69, 9.17) is 4.74 Å². The van der Waals surface area contributed by atoms with Gasteiger partial charge in [0.25, 0.3) is 5.69 Å². The van der Waals surface area contributed by atoms with Crippen molar-refractivity contribution < 1.29 is 14.5 Å². The molecule has 0 unspecified atom stereocenters. The normalized spacial score (nSPS) is 15.0. The van der Waals surface area contributed by atoms with Crippen LogP contribution in [0.15, 0.2) is 48.5 Å². The molecule has 2 aromatic carbocycles. The van der Waals surface area contributed by atoms with Crippen LogP contribution in [0.5, 0.6) is 5.75 Å². The molecule has 6 nitrogen and oxygen atoms in total. The van der Waals surface area contributed by atoms with Crippen LogP contribution in [0.4, 0.5) is 11.4 Å². The lowest BCUT2D eigenvalue weighted by molar-refractivity contribution is -0.384. The largest absolute Gasteiger partial charge is 0.497 e. The van der Waals surface area contributed by atoms with Gasteiger partial charge in [-0.2, -0.15) is 0 Å². The molecular formula is C19H20N2O4. The van der Waals surface area contributed by atoms with E-state index in [2.05, 4.69) is 0 Å². The van der Waals surface area contributed by atoms with Crippen molar-refractivity contribution in [3.8, 4) is 5.75 Å². The molecule has 0 atom stereocenters. The third kappa shape index (κ3) is 3.63. The number of rotatable bonds is 5. The van der Waals surface area contributed by atoms with Crippen LogP contribution in [0.25, 0.3) is 0 Å². The van der Waals surface area contributed by atoms with Gasteiger partial charge in [-0.25, -0.2) is 0 Å². The number of methoxy groups -OCH3 is 1. The van der Waals surface area contributed by atoms with Gasteiger partial charge < -0.3 is 9.64 Å². The molecular weight excluding hydrogens is 320 g/mol. The van der Waals surface area contributed by atoms with Crippen molar-refractivity contribution in [3.63, 3.8) is 0 Å². The summed E-state index contributed by atoms with van der Waals surface area (Å²) >= 11 is 0. The molecule has 1 heterocycles. The van der Waals surface area contributed by atoms with Crippen molar-refractivity contribution in [3.05, 3.63) is 64.2 Å². The number of piperidine rings is 1. The van der Waals surface area contributed by atoms with E-state index >= 15 is 0 Å². The first-order valence-corrected chi connectivity index (χ1v) is 8.27. The number of nitrogens with zero attached hydrogens (tertiary/aromatic N) is 2. The number of Topliss-reactive ketones (excluding diaryl/α,β-unsaturated/α-hetero) is 1. The summed E-state index contributed by atoms with van der Waals surface area (Å²) in [6.07, 6.45) is 1.38. The Balaban J connectivity index is 1.67. The van der Waals surface area contributed by atoms with Gasteiger partial charge in [0.05, 0.1) is 12.0 Å². The van der Waals surface area contributed by atoms with E-state index in [9.17, 15) is 14.9 Å². The first-order chi connectivity index (χ1) is 12.1. The number of ether oxygens (including phenoxy) is 1. The fraction of sp³-hybridized carbons (Fsp3) is 0.316. The third-order valence-corrected chi connectivity index (χ3v) is 4.66. The van der Waals surface area contributed by atoms with E-state index < -0.39 is 0 Å². The Morgan fingerprint density at radius 1 is 1.12 bits per heavy atom. The average Bonchev–Trinajstić information content (AvgIpc) is 2.67. The minimum atomic E-state index is -0.357. The minimum Gasteiger partial charge on any atom is -0.497 e. The van der Waals surface area contributed by atoms with Gasteiger partial charge in [-0.1, -0.05) is 12.1 Å². The second-order valence-corrected chi connectivity index (χ2v) is 6.10. The standard InChI is InChI=1S/C19H20N2O4/c1-25-16-8-6-14(7-9-16)19(22)15-10-12-20(13-11-15)17-4-2-3-5-18(17)21(23)24/h2-9,15H,10-13H2,1H3. The molecule has 0 spiro atoms. The molecule has 0 bridgehead atoms. The molecule has 130 valence electrons. The first-order valence-electron chi connectivity index (χ1n) is 8.27. The molecule has 2 aromatic rings. The number of nitro benzene ring substituents is 1. The Morgan fingerprint density at radius 3 is 2.36 bits per heavy atom. The number of anilines is 1. The second-order valence-electron chi connectivity index (χ2n) is 6.10. The molecule has 0 N–H and O–H groups in total. The van der Waals surface area contributed by atoms with Crippen LogP contribution in [0.1, 0.15) is 23.2 Å². The molecule has 0 radical (unpaired) electrons. The maximum Gasteiger partial charge on any atom is 0.292 e. The molecule has 1 saturated heterocycles. The molecule has 3 rings (SSSR count). The number of hydrogen-bond donors (Lipinski definition) is 0. The average molecular weight is 340 g/mol. The molecule has 6 heteroatoms. The third-order valence-electron chi connectivity index (χ3n) is 4.66. The molecule has 0 aromatic heterocycles. The van der Waals surface area contributed by atoms with E-state index in [0.29, 0.717) is 37.2 Å². The van der Waals surface area contributed by atoms with Crippen LogP contribution in [-0.2, 0) is 0 Å². The highest BCUT2D eigenvalue weighted by Gasteiger charge is 2.28. The van der Waals surface area contributed by atoms with Gasteiger partial charge in [-0.3, -0.25) is 14.9 Å². The summed E-state index contributed by atoms with van der Waals surface area (Å²) in [4.78, 5) is 25.5. The number of carbonyl (C=O) groups excluding carboxylic acids is 1. The van der Waals surface area contributed by atoms with Crippen molar-refractivity contribution in [2.75, 3.05) is 25.1 Å². The van der Waals surface area contributed by atoms with Gasteiger partial charge >= 0.3 is 0 Å². The summed E-state index contributed by atoms with van der Waals surface area (Å²) in [5, 5.41) is 11.2. The monoisotopic (exact) mass is 340 g/mol. The van der Waals surface area contributed by atoms with Crippen LogP contribution in [-0.4, -0.2) is 30.9 Å². The number of nitro groups is 1. The smallest absolute Gasteiger partial charge is 0.292 e. The number of para-hydroxylation sites is 2. The summed E-state index contributed by atoms with van der Waals surface area (Å²) in [5.74, 6) is 0.806. The fourth-order valence-electron chi connectivity index (χ4n) is 3.26. The molecule has 1 fully saturated rings. The maximum atomic E-state index is 12.7. The summed E-state index contributed by atoms with van der Waals surface area (Å²) in [6, 6.07) is 13.9. The molecule has 0 aliphatic carbocycles. The Kier molecular flexibility index (Phi) is 4.97. The lowest BCUT2D eigenvalue weighted by Crippen LogP contribution is -2.36. The van der Waals surface area contributed by atoms with E-state index in [0.717, 1.165) is 5.75 Å². The predicted octanol–water partition coefficient (Wildman–Crippen LogP) is 3.70. The summed E-state index contributed by atoms with van der Waals surface area (Å²) in [6.45, 7) is 1.27. The van der Waals surface area contributed by atoms with Crippen molar-refractivity contribution in [2.45, 2.75) is 12.8 Å². The van der Waals surface area contributed by atoms with E-state index in [1.807, 2.05) is 4.90 Å². The number of carbonyl (C=O) groups is 1. The molecule has 25 heavy (non-hydrogen) atoms. The van der Waals surface area contributed by atoms with Crippen LogP contribution in [0.3, 0.4) is 0 Å². The zero-order chi connectivity index (χ0) is 17.8. The molecule has 0 amide bonds. The SMILES string of the molecule is COc1ccc(C(=O)C2CCN(c3ccccc3[N+](=O)[O-])CC2)cc1. The lowest BCUT2D eigenvalue weighted by atomic mass is 9.88. The summed E-state index contributed by atoms with van der Waals surface area (Å²) < 4.78 is 5.11. The van der Waals surface area contributed by atoms with Gasteiger partial charge in [0.2, 0.25) is 0 Å². The van der Waals surface area contributed by atoms with Crippen molar-refractivity contribution in [1.82, 2.24) is 0 Å². The molecule has 1 aliphatic heterocycles. The van der Waals surface area contributed by atoms with Crippen LogP contribution in [0, 0.1) is 16.0 Å². The highest BCUT2D eigenvalue weighted by atomic mass is 16.6. The minimum absolute atomic E-state index is 0.0487. The second kappa shape index (κ2) is 7.34. The van der Waals surface area contributed by atoms with Gasteiger partial charge in [-0.15, -0.1) is 0 Å². The quantitative estimate of drug-likeness (QED) is 0.471. The maximum absolute atomic E-state index is 12.7. The summed E-state index contributed by atoms with van der Waals surface area (Å²) in [7, 11) is 1.59. The van der Waals surface area contributed by atoms with Gasteiger partial charge in [0.15, 0.2) is 5.78 Å². The Labute approximate surface area is 146 Å². The van der Waals surface area contributed by atoms with Crippen molar-refractivity contribution in [2.24, 2.45) is 5.92 Å². The first kappa shape index (κ1) is 17.0. The predicted molar refractivity (Wildman–Crippen MR) is 95.4 cm³/mol. The molecule has 0 saturated carbocycles. The van der Waals surface area contributed by atoms with E-state index in [1.54, 1.807) is 49.6 Å². The molecule has 1 aliphatic rings. The van der Waals surface area contributed by atoms with Gasteiger partial charge in [-0.05, 0) is 43.2 Å². The van der Waals surface area contributed by atoms with Crippen molar-refractivity contribution >= 4 is 17.2 Å². The topological polar surface area (TPSA) is 72.7 Å². The zero-order valence-corrected chi connectivity index (χ0v) is 14.1. The Bertz CT molecular complexity index is 765. The number of hydrogen-bond acceptors (Lipinski definition) is 5. The Morgan fingerprint density at radius 2 is 1.76 bits per heavy atom. The highest BCUT2D eigenvalue weighted by molar-refractivity contribution is 5.98. The fourth-order valence-corrected chi connectivity index (χ4v) is 3.26. The summed E-state index contributed by atoms with van der Waals surface area (Å²) in [5.41, 5.74) is 1.43. The van der Waals surface area contributed by atoms with E-state index in [1.165, 1.54) is 6.07 Å². The van der Waals surface area contributed by atoms with E-state index in [-0.39, 0.29) is 22.3 Å². The van der Waals surface area contributed by atoms with Crippen LogP contribution in [0.2, 0.25) is 0 Å². The van der Waals surface area contributed by atoms with Crippen LogP contribution < -0.4 is 9.64 Å². The van der Waals surface area contributed by atoms with Gasteiger partial charge in [0, 0.05) is 30.6 Å². The van der Waals surface area contributed by atoms with Gasteiger partial charge in [0.1, 0.15) is 11.4 Å². The highest BCUT2D eigenvalue weighted by Crippen LogP contribution is 2.32. The number of ketones is 1. The van der Waals surface area contributed by atoms with Crippen molar-refractivity contribution in [1.29, 1.82) is 0 Å². The van der Waals surface area contributed by atoms with Crippen LogP contribution >= 0.6 is 0 Å². The zero-order valence-electron chi connectivity index (χ0n) is 14.1. The Hall–Kier alpha value is -2.89. The lowest BCUT2D eigenvalue weighted by Gasteiger charge is -2.32.